The van der Waals surface area contributed by atoms with Crippen LogP contribution in [0.5, 0.6) is 0 Å². The van der Waals surface area contributed by atoms with E-state index in [2.05, 4.69) is 29.3 Å². The quantitative estimate of drug-likeness (QED) is 0.803. The Kier molecular flexibility index (Phi) is 5.38. The summed E-state index contributed by atoms with van der Waals surface area (Å²) in [5.74, 6) is 1.65. The Morgan fingerprint density at radius 1 is 1.17 bits per heavy atom. The summed E-state index contributed by atoms with van der Waals surface area (Å²) in [6, 6.07) is 10.4. The van der Waals surface area contributed by atoms with Gasteiger partial charge in [-0.3, -0.25) is 0 Å². The molecule has 0 radical (unpaired) electrons. The van der Waals surface area contributed by atoms with Crippen LogP contribution in [0, 0.1) is 0 Å². The Hall–Kier alpha value is -1.33. The summed E-state index contributed by atoms with van der Waals surface area (Å²) in [7, 11) is 0. The normalized spacial score (nSPS) is 18.7. The van der Waals surface area contributed by atoms with Gasteiger partial charge in [-0.15, -0.1) is 10.2 Å². The van der Waals surface area contributed by atoms with Crippen molar-refractivity contribution in [3.05, 3.63) is 41.8 Å². The topological polar surface area (TPSA) is 59.2 Å². The van der Waals surface area contributed by atoms with Crippen molar-refractivity contribution < 1.29 is 9.52 Å². The fraction of sp³-hybridized carbons (Fsp3) is 0.556. The monoisotopic (exact) mass is 332 g/mol. The van der Waals surface area contributed by atoms with Gasteiger partial charge in [0, 0.05) is 12.2 Å². The molecule has 23 heavy (non-hydrogen) atoms. The van der Waals surface area contributed by atoms with Crippen molar-refractivity contribution in [1.29, 1.82) is 0 Å². The number of nitrogens with zero attached hydrogens (tertiary/aromatic N) is 2. The Morgan fingerprint density at radius 2 is 1.91 bits per heavy atom. The van der Waals surface area contributed by atoms with Gasteiger partial charge in [0.15, 0.2) is 0 Å². The minimum Gasteiger partial charge on any atom is -0.416 e. The molecule has 1 aromatic heterocycles. The average Bonchev–Trinajstić information content (AvgIpc) is 3.02. The van der Waals surface area contributed by atoms with Crippen LogP contribution in [-0.4, -0.2) is 26.7 Å². The number of aromatic nitrogens is 2. The molecular formula is C18H24N2O2S. The molecule has 0 bridgehead atoms. The minimum atomic E-state index is -0.561. The van der Waals surface area contributed by atoms with E-state index in [1.165, 1.54) is 23.7 Å². The third-order valence-corrected chi connectivity index (χ3v) is 5.64. The van der Waals surface area contributed by atoms with Gasteiger partial charge < -0.3 is 9.52 Å². The average molecular weight is 332 g/mol. The molecular weight excluding hydrogens is 308 g/mol. The van der Waals surface area contributed by atoms with Gasteiger partial charge in [0.05, 0.1) is 5.60 Å². The highest BCUT2D eigenvalue weighted by atomic mass is 32.2. The van der Waals surface area contributed by atoms with Gasteiger partial charge in [-0.05, 0) is 24.3 Å². The molecule has 2 aromatic rings. The van der Waals surface area contributed by atoms with Crippen LogP contribution in [0.2, 0.25) is 0 Å². The molecule has 0 aliphatic heterocycles. The Balaban J connectivity index is 1.53. The van der Waals surface area contributed by atoms with Crippen molar-refractivity contribution in [3.63, 3.8) is 0 Å². The molecule has 1 aliphatic carbocycles. The van der Waals surface area contributed by atoms with E-state index in [1.807, 2.05) is 18.2 Å². The van der Waals surface area contributed by atoms with Crippen molar-refractivity contribution in [2.24, 2.45) is 0 Å². The van der Waals surface area contributed by atoms with Gasteiger partial charge in [-0.25, -0.2) is 0 Å². The predicted octanol–water partition coefficient (Wildman–Crippen LogP) is 4.20. The lowest BCUT2D eigenvalue weighted by Gasteiger charge is -2.31. The number of hydrogen-bond acceptors (Lipinski definition) is 5. The van der Waals surface area contributed by atoms with E-state index >= 15 is 0 Å². The summed E-state index contributed by atoms with van der Waals surface area (Å²) >= 11 is 1.48. The van der Waals surface area contributed by atoms with Crippen molar-refractivity contribution in [1.82, 2.24) is 10.2 Å². The van der Waals surface area contributed by atoms with Crippen molar-refractivity contribution in [2.75, 3.05) is 5.75 Å². The molecule has 1 saturated carbocycles. The molecule has 5 heteroatoms. The molecule has 0 saturated heterocycles. The second-order valence-corrected chi connectivity index (χ2v) is 7.48. The number of thioether (sulfide) groups is 1. The van der Waals surface area contributed by atoms with E-state index in [-0.39, 0.29) is 0 Å². The van der Waals surface area contributed by atoms with Crippen LogP contribution in [0.1, 0.15) is 56.4 Å². The van der Waals surface area contributed by atoms with Gasteiger partial charge in [-0.2, -0.15) is 0 Å². The first kappa shape index (κ1) is 16.5. The van der Waals surface area contributed by atoms with Crippen molar-refractivity contribution in [2.45, 2.75) is 62.2 Å². The molecule has 0 spiro atoms. The highest BCUT2D eigenvalue weighted by Crippen LogP contribution is 2.33. The maximum absolute atomic E-state index is 10.5. The molecule has 1 N–H and O–H groups in total. The number of benzene rings is 1. The molecule has 124 valence electrons. The largest absolute Gasteiger partial charge is 0.416 e. The zero-order valence-corrected chi connectivity index (χ0v) is 14.4. The van der Waals surface area contributed by atoms with E-state index in [1.54, 1.807) is 0 Å². The molecule has 1 aromatic carbocycles. The Morgan fingerprint density at radius 3 is 2.65 bits per heavy atom. The fourth-order valence-electron chi connectivity index (χ4n) is 3.09. The summed E-state index contributed by atoms with van der Waals surface area (Å²) in [6.07, 6.45) is 5.95. The van der Waals surface area contributed by atoms with E-state index in [9.17, 15) is 5.11 Å². The molecule has 1 fully saturated rings. The first-order chi connectivity index (χ1) is 11.1. The first-order valence-corrected chi connectivity index (χ1v) is 9.36. The number of aliphatic hydroxyl groups is 1. The van der Waals surface area contributed by atoms with Crippen LogP contribution in [0.15, 0.2) is 40.0 Å². The summed E-state index contributed by atoms with van der Waals surface area (Å²) in [5, 5.41) is 19.4. The zero-order valence-electron chi connectivity index (χ0n) is 13.6. The zero-order chi connectivity index (χ0) is 16.1. The van der Waals surface area contributed by atoms with E-state index < -0.39 is 5.60 Å². The highest BCUT2D eigenvalue weighted by Gasteiger charge is 2.30. The molecule has 1 unspecified atom stereocenters. The second kappa shape index (κ2) is 7.49. The molecule has 3 rings (SSSR count). The van der Waals surface area contributed by atoms with Gasteiger partial charge in [0.2, 0.25) is 5.89 Å². The van der Waals surface area contributed by atoms with E-state index in [0.29, 0.717) is 22.8 Å². The maximum Gasteiger partial charge on any atom is 0.276 e. The maximum atomic E-state index is 10.5. The Labute approximate surface area is 141 Å². The number of rotatable bonds is 6. The lowest BCUT2D eigenvalue weighted by molar-refractivity contribution is 0.0271. The molecule has 0 amide bonds. The molecule has 1 heterocycles. The summed E-state index contributed by atoms with van der Waals surface area (Å²) < 4.78 is 5.74. The van der Waals surface area contributed by atoms with Gasteiger partial charge >= 0.3 is 0 Å². The van der Waals surface area contributed by atoms with E-state index in [0.717, 1.165) is 32.1 Å². The highest BCUT2D eigenvalue weighted by molar-refractivity contribution is 7.99. The summed E-state index contributed by atoms with van der Waals surface area (Å²) in [4.78, 5) is 0. The van der Waals surface area contributed by atoms with Crippen LogP contribution in [-0.2, 0) is 6.42 Å². The lowest BCUT2D eigenvalue weighted by atomic mass is 9.86. The third-order valence-electron chi connectivity index (χ3n) is 4.55. The van der Waals surface area contributed by atoms with Gasteiger partial charge in [0.25, 0.3) is 5.22 Å². The second-order valence-electron chi connectivity index (χ2n) is 6.55. The summed E-state index contributed by atoms with van der Waals surface area (Å²) in [5.41, 5.74) is 0.714. The van der Waals surface area contributed by atoms with Crippen LogP contribution in [0.3, 0.4) is 0 Å². The standard InChI is InChI=1S/C18H24N2O2S/c1-14(15-8-4-2-5-9-15)12-16-19-20-17(22-16)23-13-18(21)10-6-3-7-11-18/h2,4-5,8-9,14,21H,3,6-7,10-13H2,1H3. The van der Waals surface area contributed by atoms with Crippen molar-refractivity contribution >= 4 is 11.8 Å². The lowest BCUT2D eigenvalue weighted by Crippen LogP contribution is -2.33. The van der Waals surface area contributed by atoms with Crippen LogP contribution >= 0.6 is 11.8 Å². The van der Waals surface area contributed by atoms with E-state index in [4.69, 9.17) is 4.42 Å². The van der Waals surface area contributed by atoms with Crippen LogP contribution in [0.25, 0.3) is 0 Å². The smallest absolute Gasteiger partial charge is 0.276 e. The molecule has 4 nitrogen and oxygen atoms in total. The van der Waals surface area contributed by atoms with Crippen LogP contribution < -0.4 is 0 Å². The fourth-order valence-corrected chi connectivity index (χ4v) is 4.03. The minimum absolute atomic E-state index is 0.344. The molecule has 1 aliphatic rings. The van der Waals surface area contributed by atoms with Gasteiger partial charge in [0.1, 0.15) is 0 Å². The third kappa shape index (κ3) is 4.58. The van der Waals surface area contributed by atoms with Crippen molar-refractivity contribution in [3.8, 4) is 0 Å². The first-order valence-electron chi connectivity index (χ1n) is 8.37. The SMILES string of the molecule is CC(Cc1nnc(SCC2(O)CCCCC2)o1)c1ccccc1. The summed E-state index contributed by atoms with van der Waals surface area (Å²) in [6.45, 7) is 2.16. The predicted molar refractivity (Wildman–Crippen MR) is 91.6 cm³/mol. The Bertz CT molecular complexity index is 608. The number of hydrogen-bond donors (Lipinski definition) is 1. The molecule has 1 atom stereocenters. The van der Waals surface area contributed by atoms with Crippen LogP contribution in [0.4, 0.5) is 0 Å². The van der Waals surface area contributed by atoms with Gasteiger partial charge in [-0.1, -0.05) is 68.3 Å².